The summed E-state index contributed by atoms with van der Waals surface area (Å²) in [7, 11) is 0. The van der Waals surface area contributed by atoms with Gasteiger partial charge in [-0.15, -0.1) is 0 Å². The Labute approximate surface area is 139 Å². The van der Waals surface area contributed by atoms with E-state index in [0.29, 0.717) is 44.7 Å². The molecule has 126 valence electrons. The van der Waals surface area contributed by atoms with Crippen LogP contribution in [0.3, 0.4) is 0 Å². The van der Waals surface area contributed by atoms with Crippen molar-refractivity contribution < 1.29 is 13.9 Å². The van der Waals surface area contributed by atoms with Crippen LogP contribution in [-0.2, 0) is 11.2 Å². The predicted octanol–water partition coefficient (Wildman–Crippen LogP) is 1.87. The van der Waals surface area contributed by atoms with Crippen molar-refractivity contribution >= 4 is 11.8 Å². The Morgan fingerprint density at radius 3 is 2.92 bits per heavy atom. The maximum atomic E-state index is 14.1. The highest BCUT2D eigenvalue weighted by molar-refractivity contribution is 5.45. The monoisotopic (exact) mass is 330 g/mol. The van der Waals surface area contributed by atoms with Crippen LogP contribution in [-0.4, -0.2) is 48.9 Å². The van der Waals surface area contributed by atoms with Gasteiger partial charge in [-0.05, 0) is 18.1 Å². The van der Waals surface area contributed by atoms with E-state index in [9.17, 15) is 4.39 Å². The van der Waals surface area contributed by atoms with Gasteiger partial charge in [-0.1, -0.05) is 18.2 Å². The Morgan fingerprint density at radius 2 is 2.04 bits per heavy atom. The molecule has 0 radical (unpaired) electrons. The smallest absolute Gasteiger partial charge is 0.225 e. The van der Waals surface area contributed by atoms with Crippen LogP contribution in [0.5, 0.6) is 5.75 Å². The van der Waals surface area contributed by atoms with Crippen LogP contribution in [0.15, 0.2) is 30.5 Å². The summed E-state index contributed by atoms with van der Waals surface area (Å²) in [6, 6.07) is 8.03. The molecule has 1 aromatic carbocycles. The number of para-hydroxylation sites is 1. The van der Waals surface area contributed by atoms with Gasteiger partial charge in [-0.3, -0.25) is 0 Å². The largest absolute Gasteiger partial charge is 0.491 e. The van der Waals surface area contributed by atoms with Gasteiger partial charge in [0.15, 0.2) is 11.6 Å². The molecule has 1 unspecified atom stereocenters. The van der Waals surface area contributed by atoms with Gasteiger partial charge in [0.1, 0.15) is 12.4 Å². The third kappa shape index (κ3) is 3.12. The molecule has 2 aromatic rings. The van der Waals surface area contributed by atoms with Gasteiger partial charge in [0.25, 0.3) is 0 Å². The molecule has 2 aliphatic rings. The zero-order chi connectivity index (χ0) is 16.4. The molecule has 1 atom stereocenters. The molecule has 6 nitrogen and oxygen atoms in total. The number of morpholine rings is 1. The van der Waals surface area contributed by atoms with Crippen LogP contribution in [0.2, 0.25) is 0 Å². The van der Waals surface area contributed by atoms with Crippen LogP contribution in [0, 0.1) is 5.82 Å². The number of halogens is 1. The predicted molar refractivity (Wildman–Crippen MR) is 88.1 cm³/mol. The molecule has 1 N–H and O–H groups in total. The van der Waals surface area contributed by atoms with Crippen molar-refractivity contribution in [2.24, 2.45) is 0 Å². The zero-order valence-corrected chi connectivity index (χ0v) is 13.2. The average molecular weight is 330 g/mol. The Balaban J connectivity index is 1.49. The standard InChI is InChI=1S/C17H19FN4O2/c18-14-10-19-17(21-16(14)22-5-7-23-8-6-22)20-13-9-12-3-1-2-4-15(12)24-11-13/h1-4,10,13H,5-9,11H2,(H,19,20,21). The van der Waals surface area contributed by atoms with E-state index in [1.807, 2.05) is 29.2 Å². The number of ether oxygens (including phenoxy) is 2. The molecule has 24 heavy (non-hydrogen) atoms. The second-order valence-corrected chi connectivity index (χ2v) is 5.93. The van der Waals surface area contributed by atoms with Crippen LogP contribution >= 0.6 is 0 Å². The van der Waals surface area contributed by atoms with E-state index in [0.717, 1.165) is 17.7 Å². The summed E-state index contributed by atoms with van der Waals surface area (Å²) in [6.07, 6.45) is 2.04. The van der Waals surface area contributed by atoms with Gasteiger partial charge in [-0.2, -0.15) is 4.98 Å². The minimum absolute atomic E-state index is 0.0582. The lowest BCUT2D eigenvalue weighted by atomic mass is 10.0. The molecule has 7 heteroatoms. The summed E-state index contributed by atoms with van der Waals surface area (Å²) in [4.78, 5) is 10.3. The Kier molecular flexibility index (Phi) is 4.17. The van der Waals surface area contributed by atoms with Crippen molar-refractivity contribution in [1.29, 1.82) is 0 Å². The van der Waals surface area contributed by atoms with Gasteiger partial charge in [-0.25, -0.2) is 9.37 Å². The minimum atomic E-state index is -0.410. The fraction of sp³-hybridized carbons (Fsp3) is 0.412. The van der Waals surface area contributed by atoms with Gasteiger partial charge in [0.2, 0.25) is 5.95 Å². The van der Waals surface area contributed by atoms with Gasteiger partial charge < -0.3 is 19.7 Å². The molecule has 3 heterocycles. The number of benzene rings is 1. The Bertz CT molecular complexity index is 721. The summed E-state index contributed by atoms with van der Waals surface area (Å²) in [5.41, 5.74) is 1.15. The van der Waals surface area contributed by atoms with Crippen molar-refractivity contribution in [2.75, 3.05) is 43.1 Å². The van der Waals surface area contributed by atoms with E-state index in [4.69, 9.17) is 9.47 Å². The normalized spacial score (nSPS) is 20.2. The lowest BCUT2D eigenvalue weighted by Crippen LogP contribution is -2.38. The van der Waals surface area contributed by atoms with Crippen molar-refractivity contribution in [2.45, 2.75) is 12.5 Å². The first-order valence-electron chi connectivity index (χ1n) is 8.12. The van der Waals surface area contributed by atoms with Gasteiger partial charge in [0.05, 0.1) is 25.5 Å². The molecule has 0 spiro atoms. The van der Waals surface area contributed by atoms with Crippen LogP contribution in [0.25, 0.3) is 0 Å². The summed E-state index contributed by atoms with van der Waals surface area (Å²) >= 11 is 0. The fourth-order valence-corrected chi connectivity index (χ4v) is 3.03. The van der Waals surface area contributed by atoms with Crippen LogP contribution in [0.4, 0.5) is 16.2 Å². The molecule has 0 aliphatic carbocycles. The van der Waals surface area contributed by atoms with Crippen molar-refractivity contribution in [1.82, 2.24) is 9.97 Å². The maximum Gasteiger partial charge on any atom is 0.225 e. The molecule has 1 fully saturated rings. The number of nitrogens with zero attached hydrogens (tertiary/aromatic N) is 3. The second kappa shape index (κ2) is 6.60. The lowest BCUT2D eigenvalue weighted by Gasteiger charge is -2.29. The summed E-state index contributed by atoms with van der Waals surface area (Å²) in [5, 5.41) is 3.26. The second-order valence-electron chi connectivity index (χ2n) is 5.93. The molecular weight excluding hydrogens is 311 g/mol. The van der Waals surface area contributed by atoms with Crippen LogP contribution < -0.4 is 15.0 Å². The average Bonchev–Trinajstić information content (AvgIpc) is 2.64. The lowest BCUT2D eigenvalue weighted by molar-refractivity contribution is 0.122. The molecule has 2 aliphatic heterocycles. The minimum Gasteiger partial charge on any atom is -0.491 e. The topological polar surface area (TPSA) is 59.5 Å². The fourth-order valence-electron chi connectivity index (χ4n) is 3.03. The highest BCUT2D eigenvalue weighted by atomic mass is 19.1. The first kappa shape index (κ1) is 15.1. The number of nitrogens with one attached hydrogen (secondary N) is 1. The highest BCUT2D eigenvalue weighted by Gasteiger charge is 2.22. The number of fused-ring (bicyclic) bond motifs is 1. The molecular formula is C17H19FN4O2. The van der Waals surface area contributed by atoms with E-state index >= 15 is 0 Å². The summed E-state index contributed by atoms with van der Waals surface area (Å²) in [6.45, 7) is 2.96. The molecule has 0 amide bonds. The molecule has 0 saturated carbocycles. The number of aromatic nitrogens is 2. The van der Waals surface area contributed by atoms with E-state index in [-0.39, 0.29) is 6.04 Å². The van der Waals surface area contributed by atoms with Crippen LogP contribution in [0.1, 0.15) is 5.56 Å². The third-order valence-corrected chi connectivity index (χ3v) is 4.25. The number of anilines is 2. The number of rotatable bonds is 3. The number of hydrogen-bond acceptors (Lipinski definition) is 6. The van der Waals surface area contributed by atoms with Crippen molar-refractivity contribution in [3.8, 4) is 5.75 Å². The molecule has 1 saturated heterocycles. The Morgan fingerprint density at radius 1 is 1.21 bits per heavy atom. The van der Waals surface area contributed by atoms with E-state index in [1.54, 1.807) is 0 Å². The quantitative estimate of drug-likeness (QED) is 0.927. The van der Waals surface area contributed by atoms with Gasteiger partial charge in [0, 0.05) is 13.1 Å². The molecule has 0 bridgehead atoms. The first-order valence-corrected chi connectivity index (χ1v) is 8.12. The highest BCUT2D eigenvalue weighted by Crippen LogP contribution is 2.25. The maximum absolute atomic E-state index is 14.1. The summed E-state index contributed by atoms with van der Waals surface area (Å²) < 4.78 is 25.1. The van der Waals surface area contributed by atoms with Gasteiger partial charge >= 0.3 is 0 Å². The van der Waals surface area contributed by atoms with Crippen molar-refractivity contribution in [3.05, 3.63) is 41.8 Å². The third-order valence-electron chi connectivity index (χ3n) is 4.25. The van der Waals surface area contributed by atoms with E-state index < -0.39 is 5.82 Å². The zero-order valence-electron chi connectivity index (χ0n) is 13.2. The van der Waals surface area contributed by atoms with E-state index in [2.05, 4.69) is 15.3 Å². The SMILES string of the molecule is Fc1cnc(NC2COc3ccccc3C2)nc1N1CCOCC1. The Hall–Kier alpha value is -2.41. The summed E-state index contributed by atoms with van der Waals surface area (Å²) in [5.74, 6) is 1.26. The van der Waals surface area contributed by atoms with E-state index in [1.165, 1.54) is 6.20 Å². The number of hydrogen-bond donors (Lipinski definition) is 1. The molecule has 4 rings (SSSR count). The molecule has 1 aromatic heterocycles. The first-order chi connectivity index (χ1) is 11.8. The van der Waals surface area contributed by atoms with Crippen molar-refractivity contribution in [3.63, 3.8) is 0 Å².